The highest BCUT2D eigenvalue weighted by Crippen LogP contribution is 2.46. The van der Waals surface area contributed by atoms with E-state index >= 15 is 0 Å². The first kappa shape index (κ1) is 21.2. The van der Waals surface area contributed by atoms with Gasteiger partial charge in [0.2, 0.25) is 5.91 Å². The number of hydrogen-bond donors (Lipinski definition) is 1. The molecule has 1 unspecified atom stereocenters. The number of thioether (sulfide) groups is 1. The summed E-state index contributed by atoms with van der Waals surface area (Å²) in [5, 5.41) is 5.68. The number of benzene rings is 1. The zero-order valence-corrected chi connectivity index (χ0v) is 18.3. The van der Waals surface area contributed by atoms with Crippen LogP contribution in [0.3, 0.4) is 0 Å². The Bertz CT molecular complexity index is 918. The highest BCUT2D eigenvalue weighted by atomic mass is 32.2. The molecule has 2 aliphatic rings. The molecule has 29 heavy (non-hydrogen) atoms. The number of amidine groups is 1. The summed E-state index contributed by atoms with van der Waals surface area (Å²) in [5.41, 5.74) is 4.16. The molecule has 1 aromatic carbocycles. The Hall–Kier alpha value is -2.54. The Kier molecular flexibility index (Phi) is 6.47. The van der Waals surface area contributed by atoms with Gasteiger partial charge in [-0.05, 0) is 43.7 Å². The highest BCUT2D eigenvalue weighted by Gasteiger charge is 2.41. The topological polar surface area (TPSA) is 71.0 Å². The normalized spacial score (nSPS) is 18.4. The van der Waals surface area contributed by atoms with E-state index in [-0.39, 0.29) is 30.4 Å². The predicted octanol–water partition coefficient (Wildman–Crippen LogP) is 4.05. The smallest absolute Gasteiger partial charge is 0.338 e. The summed E-state index contributed by atoms with van der Waals surface area (Å²) >= 11 is 1.49. The second-order valence-corrected chi connectivity index (χ2v) is 8.19. The van der Waals surface area contributed by atoms with E-state index in [2.05, 4.69) is 5.32 Å². The first-order chi connectivity index (χ1) is 13.9. The van der Waals surface area contributed by atoms with Crippen LogP contribution in [0.4, 0.5) is 0 Å². The van der Waals surface area contributed by atoms with Crippen molar-refractivity contribution >= 4 is 28.8 Å². The number of esters is 1. The number of methoxy groups -OCH3 is 1. The van der Waals surface area contributed by atoms with Gasteiger partial charge in [-0.1, -0.05) is 43.0 Å². The molecule has 0 bridgehead atoms. The fourth-order valence-electron chi connectivity index (χ4n) is 3.64. The van der Waals surface area contributed by atoms with Crippen LogP contribution in [-0.2, 0) is 14.3 Å². The van der Waals surface area contributed by atoms with Crippen LogP contribution in [0.15, 0.2) is 51.6 Å². The third-order valence-corrected chi connectivity index (χ3v) is 5.79. The molecule has 0 spiro atoms. The Morgan fingerprint density at radius 1 is 1.31 bits per heavy atom. The van der Waals surface area contributed by atoms with Crippen molar-refractivity contribution < 1.29 is 14.3 Å². The molecule has 1 atom stereocenters. The van der Waals surface area contributed by atoms with Gasteiger partial charge in [0, 0.05) is 11.7 Å². The van der Waals surface area contributed by atoms with Crippen molar-refractivity contribution in [1.82, 2.24) is 10.2 Å². The molecule has 0 aromatic heterocycles. The Labute approximate surface area is 176 Å². The first-order valence-electron chi connectivity index (χ1n) is 9.77. The molecule has 7 heteroatoms. The van der Waals surface area contributed by atoms with E-state index in [4.69, 9.17) is 9.73 Å². The second kappa shape index (κ2) is 8.86. The molecular weight excluding hydrogens is 386 g/mol. The van der Waals surface area contributed by atoms with E-state index in [1.54, 1.807) is 0 Å². The molecule has 154 valence electrons. The number of allylic oxidation sites excluding steroid dienone is 1. The zero-order valence-electron chi connectivity index (χ0n) is 17.5. The average Bonchev–Trinajstić information content (AvgIpc) is 3.08. The standard InChI is InChI=1S/C22H27N3O3S/c1-6-17-19(21(27)28-5)20(16-10-8-7-9-14(16)4)25-15(12-29-22(25)24-17)11-18(26)23-13(2)3/h7-10,12-13,20H,6,11H2,1-5H3,(H,23,26). The second-order valence-electron chi connectivity index (χ2n) is 7.36. The van der Waals surface area contributed by atoms with Crippen molar-refractivity contribution in [2.75, 3.05) is 7.11 Å². The lowest BCUT2D eigenvalue weighted by Gasteiger charge is -2.37. The molecule has 3 rings (SSSR count). The number of amides is 1. The largest absolute Gasteiger partial charge is 0.466 e. The fraction of sp³-hybridized carbons (Fsp3) is 0.409. The van der Waals surface area contributed by atoms with Gasteiger partial charge >= 0.3 is 5.97 Å². The van der Waals surface area contributed by atoms with Crippen LogP contribution in [0, 0.1) is 6.92 Å². The van der Waals surface area contributed by atoms with E-state index in [0.29, 0.717) is 12.0 Å². The molecule has 0 aliphatic carbocycles. The van der Waals surface area contributed by atoms with Crippen LogP contribution >= 0.6 is 11.8 Å². The minimum absolute atomic E-state index is 0.0541. The van der Waals surface area contributed by atoms with Gasteiger partial charge in [0.1, 0.15) is 0 Å². The molecule has 0 saturated carbocycles. The summed E-state index contributed by atoms with van der Waals surface area (Å²) < 4.78 is 5.13. The van der Waals surface area contributed by atoms with Crippen LogP contribution in [-0.4, -0.2) is 35.1 Å². The van der Waals surface area contributed by atoms with Gasteiger partial charge in [0.05, 0.1) is 30.8 Å². The summed E-state index contributed by atoms with van der Waals surface area (Å²) in [5.74, 6) is -0.442. The minimum atomic E-state index is -0.388. The van der Waals surface area contributed by atoms with Crippen molar-refractivity contribution in [2.24, 2.45) is 4.99 Å². The van der Waals surface area contributed by atoms with Crippen LogP contribution in [0.2, 0.25) is 0 Å². The van der Waals surface area contributed by atoms with Crippen molar-refractivity contribution in [3.8, 4) is 0 Å². The molecule has 6 nitrogen and oxygen atoms in total. The van der Waals surface area contributed by atoms with Crippen molar-refractivity contribution in [3.63, 3.8) is 0 Å². The van der Waals surface area contributed by atoms with Crippen molar-refractivity contribution in [3.05, 3.63) is 57.8 Å². The van der Waals surface area contributed by atoms with Crippen LogP contribution < -0.4 is 5.32 Å². The van der Waals surface area contributed by atoms with Crippen LogP contribution in [0.1, 0.15) is 50.8 Å². The molecule has 0 fully saturated rings. The lowest BCUT2D eigenvalue weighted by molar-refractivity contribution is -0.136. The molecule has 1 amide bonds. The molecule has 0 saturated heterocycles. The highest BCUT2D eigenvalue weighted by molar-refractivity contribution is 8.16. The molecule has 2 heterocycles. The number of aryl methyl sites for hydroxylation is 1. The molecule has 1 aromatic rings. The zero-order chi connectivity index (χ0) is 21.1. The van der Waals surface area contributed by atoms with Gasteiger partial charge < -0.3 is 15.0 Å². The third-order valence-electron chi connectivity index (χ3n) is 4.90. The SMILES string of the molecule is CCC1=C(C(=O)OC)C(c2ccccc2C)N2C(CC(=O)NC(C)C)=CSC2=N1. The first-order valence-corrected chi connectivity index (χ1v) is 10.6. The number of fused-ring (bicyclic) bond motifs is 1. The third kappa shape index (κ3) is 4.24. The van der Waals surface area contributed by atoms with Gasteiger partial charge in [0.25, 0.3) is 0 Å². The maximum atomic E-state index is 12.8. The van der Waals surface area contributed by atoms with Crippen molar-refractivity contribution in [2.45, 2.75) is 52.6 Å². The molecular formula is C22H27N3O3S. The number of rotatable bonds is 6. The average molecular weight is 414 g/mol. The maximum Gasteiger partial charge on any atom is 0.338 e. The maximum absolute atomic E-state index is 12.8. The molecule has 0 radical (unpaired) electrons. The lowest BCUT2D eigenvalue weighted by Crippen LogP contribution is -2.39. The van der Waals surface area contributed by atoms with Gasteiger partial charge in [-0.25, -0.2) is 9.79 Å². The summed E-state index contributed by atoms with van der Waals surface area (Å²) in [4.78, 5) is 32.0. The van der Waals surface area contributed by atoms with E-state index < -0.39 is 0 Å². The minimum Gasteiger partial charge on any atom is -0.466 e. The predicted molar refractivity (Wildman–Crippen MR) is 116 cm³/mol. The van der Waals surface area contributed by atoms with Gasteiger partial charge in [-0.15, -0.1) is 0 Å². The quantitative estimate of drug-likeness (QED) is 0.713. The number of carbonyl (C=O) groups is 2. The number of hydrogen-bond acceptors (Lipinski definition) is 6. The van der Waals surface area contributed by atoms with Crippen LogP contribution in [0.5, 0.6) is 0 Å². The Morgan fingerprint density at radius 3 is 2.66 bits per heavy atom. The summed E-state index contributed by atoms with van der Waals surface area (Å²) in [7, 11) is 1.39. The summed E-state index contributed by atoms with van der Waals surface area (Å²) in [6.45, 7) is 7.88. The lowest BCUT2D eigenvalue weighted by atomic mass is 9.90. The number of carbonyl (C=O) groups excluding carboxylic acids is 2. The van der Waals surface area contributed by atoms with Crippen molar-refractivity contribution in [1.29, 1.82) is 0 Å². The van der Waals surface area contributed by atoms with E-state index in [9.17, 15) is 9.59 Å². The number of aliphatic imine (C=N–C) groups is 1. The van der Waals surface area contributed by atoms with E-state index in [1.165, 1.54) is 18.9 Å². The van der Waals surface area contributed by atoms with Crippen LogP contribution in [0.25, 0.3) is 0 Å². The van der Waals surface area contributed by atoms with Gasteiger partial charge in [0.15, 0.2) is 5.17 Å². The molecule has 2 aliphatic heterocycles. The van der Waals surface area contributed by atoms with Gasteiger partial charge in [-0.2, -0.15) is 0 Å². The number of ether oxygens (including phenoxy) is 1. The van der Waals surface area contributed by atoms with E-state index in [1.807, 2.05) is 62.3 Å². The number of nitrogens with one attached hydrogen (secondary N) is 1. The number of nitrogens with zero attached hydrogens (tertiary/aromatic N) is 2. The fourth-order valence-corrected chi connectivity index (χ4v) is 4.58. The Balaban J connectivity index is 2.09. The summed E-state index contributed by atoms with van der Waals surface area (Å²) in [6, 6.07) is 7.68. The summed E-state index contributed by atoms with van der Waals surface area (Å²) in [6.07, 6.45) is 0.844. The molecule has 1 N–H and O–H groups in total. The van der Waals surface area contributed by atoms with Gasteiger partial charge in [-0.3, -0.25) is 4.79 Å². The Morgan fingerprint density at radius 2 is 2.03 bits per heavy atom. The van der Waals surface area contributed by atoms with E-state index in [0.717, 1.165) is 27.7 Å². The monoisotopic (exact) mass is 413 g/mol.